The summed E-state index contributed by atoms with van der Waals surface area (Å²) in [5.41, 5.74) is 5.36. The lowest BCUT2D eigenvalue weighted by molar-refractivity contribution is -0.150. The van der Waals surface area contributed by atoms with E-state index in [1.54, 1.807) is 0 Å². The van der Waals surface area contributed by atoms with Gasteiger partial charge < -0.3 is 9.47 Å². The Morgan fingerprint density at radius 1 is 1.12 bits per heavy atom. The number of methoxy groups -OCH3 is 1. The van der Waals surface area contributed by atoms with Crippen molar-refractivity contribution in [1.82, 2.24) is 10.5 Å². The highest BCUT2D eigenvalue weighted by atomic mass is 16.6. The number of hydrogen-bond donors (Lipinski definition) is 1. The second-order valence-electron chi connectivity index (χ2n) is 8.12. The second-order valence-corrected chi connectivity index (χ2v) is 8.12. The Kier molecular flexibility index (Phi) is 6.10. The molecule has 0 saturated heterocycles. The molecule has 166 valence electrons. The van der Waals surface area contributed by atoms with Crippen molar-refractivity contribution in [2.24, 2.45) is 11.3 Å². The van der Waals surface area contributed by atoms with E-state index in [1.807, 2.05) is 61.5 Å². The molecule has 4 rings (SSSR count). The van der Waals surface area contributed by atoms with Gasteiger partial charge in [0, 0.05) is 16.6 Å². The first-order valence-electron chi connectivity index (χ1n) is 10.4. The van der Waals surface area contributed by atoms with E-state index in [9.17, 15) is 9.59 Å². The maximum atomic E-state index is 12.4. The molecule has 7 heteroatoms. The lowest BCUT2D eigenvalue weighted by Gasteiger charge is -2.15. The number of esters is 1. The molecule has 0 unspecified atom stereocenters. The molecule has 2 aromatic carbocycles. The average molecular weight is 434 g/mol. The van der Waals surface area contributed by atoms with Gasteiger partial charge in [-0.1, -0.05) is 30.3 Å². The molecule has 7 nitrogen and oxygen atoms in total. The van der Waals surface area contributed by atoms with Gasteiger partial charge in [0.25, 0.3) is 0 Å². The fraction of sp³-hybridized carbons (Fsp3) is 0.320. The third-order valence-electron chi connectivity index (χ3n) is 5.95. The molecule has 0 radical (unpaired) electrons. The van der Waals surface area contributed by atoms with Crippen LogP contribution in [0.2, 0.25) is 0 Å². The van der Waals surface area contributed by atoms with E-state index in [0.29, 0.717) is 19.4 Å². The Morgan fingerprint density at radius 2 is 1.88 bits per heavy atom. The number of rotatable bonds is 8. The van der Waals surface area contributed by atoms with Crippen LogP contribution in [0.25, 0.3) is 10.9 Å². The maximum Gasteiger partial charge on any atom is 0.312 e. The second kappa shape index (κ2) is 8.96. The van der Waals surface area contributed by atoms with Crippen LogP contribution in [-0.4, -0.2) is 31.1 Å². The predicted octanol–water partition coefficient (Wildman–Crippen LogP) is 3.52. The van der Waals surface area contributed by atoms with Crippen LogP contribution >= 0.6 is 0 Å². The lowest BCUT2D eigenvalue weighted by Crippen LogP contribution is -2.31. The molecule has 1 amide bonds. The highest BCUT2D eigenvalue weighted by Gasteiger charge is 2.64. The number of aryl methyl sites for hydroxylation is 1. The largest absolute Gasteiger partial charge is 0.489 e. The van der Waals surface area contributed by atoms with Crippen LogP contribution in [0, 0.1) is 18.3 Å². The Bertz CT molecular complexity index is 1140. The summed E-state index contributed by atoms with van der Waals surface area (Å²) in [5, 5.41) is 1.07. The standard InChI is InChI=1S/C25H26N2O5/c1-16-12-18(20-6-4-5-7-22(20)26-16)15-32-19-10-8-17(9-11-19)13-25(24(29)30-2)14-21(25)23(28)27-31-3/h4-12,21H,13-15H2,1-3H3,(H,27,28)/t21-,25+/m1/s1. The van der Waals surface area contributed by atoms with Crippen molar-refractivity contribution in [3.05, 3.63) is 71.4 Å². The SMILES string of the molecule is CONC(=O)[C@H]1C[C@]1(Cc1ccc(OCc2cc(C)nc3ccccc23)cc1)C(=O)OC. The summed E-state index contributed by atoms with van der Waals surface area (Å²) in [6, 6.07) is 17.6. The number of nitrogens with one attached hydrogen (secondary N) is 1. The first-order valence-corrected chi connectivity index (χ1v) is 10.4. The van der Waals surface area contributed by atoms with Crippen LogP contribution in [0.5, 0.6) is 5.75 Å². The molecule has 0 spiro atoms. The number of ether oxygens (including phenoxy) is 2. The van der Waals surface area contributed by atoms with E-state index in [1.165, 1.54) is 14.2 Å². The number of nitrogens with zero attached hydrogens (tertiary/aromatic N) is 1. The van der Waals surface area contributed by atoms with Crippen molar-refractivity contribution >= 4 is 22.8 Å². The zero-order valence-corrected chi connectivity index (χ0v) is 18.4. The van der Waals surface area contributed by atoms with Crippen molar-refractivity contribution in [2.45, 2.75) is 26.4 Å². The van der Waals surface area contributed by atoms with E-state index in [0.717, 1.165) is 33.5 Å². The molecule has 1 saturated carbocycles. The maximum absolute atomic E-state index is 12.4. The molecule has 1 heterocycles. The predicted molar refractivity (Wildman–Crippen MR) is 119 cm³/mol. The van der Waals surface area contributed by atoms with Crippen molar-refractivity contribution in [2.75, 3.05) is 14.2 Å². The van der Waals surface area contributed by atoms with Crippen molar-refractivity contribution in [3.8, 4) is 5.75 Å². The summed E-state index contributed by atoms with van der Waals surface area (Å²) < 4.78 is 11.0. The molecule has 1 fully saturated rings. The molecule has 0 aliphatic heterocycles. The number of hydrogen-bond acceptors (Lipinski definition) is 6. The van der Waals surface area contributed by atoms with E-state index < -0.39 is 11.3 Å². The van der Waals surface area contributed by atoms with Crippen molar-refractivity contribution < 1.29 is 23.9 Å². The number of carbonyl (C=O) groups excluding carboxylic acids is 2. The fourth-order valence-corrected chi connectivity index (χ4v) is 4.26. The number of pyridine rings is 1. The first-order chi connectivity index (χ1) is 15.5. The van der Waals surface area contributed by atoms with E-state index in [4.69, 9.17) is 14.3 Å². The average Bonchev–Trinajstić information content (AvgIpc) is 3.53. The summed E-state index contributed by atoms with van der Waals surface area (Å²) in [6.45, 7) is 2.40. The van der Waals surface area contributed by atoms with Crippen LogP contribution in [0.15, 0.2) is 54.6 Å². The number of para-hydroxylation sites is 1. The molecule has 1 aromatic heterocycles. The smallest absolute Gasteiger partial charge is 0.312 e. The summed E-state index contributed by atoms with van der Waals surface area (Å²) in [5.74, 6) is -0.426. The van der Waals surface area contributed by atoms with Gasteiger partial charge in [-0.15, -0.1) is 0 Å². The van der Waals surface area contributed by atoms with E-state index in [-0.39, 0.29) is 11.9 Å². The van der Waals surface area contributed by atoms with Gasteiger partial charge in [-0.2, -0.15) is 0 Å². The summed E-state index contributed by atoms with van der Waals surface area (Å²) in [4.78, 5) is 33.8. The quantitative estimate of drug-likeness (QED) is 0.431. The summed E-state index contributed by atoms with van der Waals surface area (Å²) in [6.07, 6.45) is 0.845. The number of fused-ring (bicyclic) bond motifs is 1. The molecule has 1 aliphatic rings. The number of aromatic nitrogens is 1. The molecule has 0 bridgehead atoms. The third kappa shape index (κ3) is 4.29. The number of benzene rings is 2. The minimum absolute atomic E-state index is 0.308. The molecular formula is C25H26N2O5. The highest BCUT2D eigenvalue weighted by Crippen LogP contribution is 2.55. The van der Waals surface area contributed by atoms with Gasteiger partial charge in [-0.3, -0.25) is 19.4 Å². The van der Waals surface area contributed by atoms with Crippen LogP contribution in [0.1, 0.15) is 23.2 Å². The Labute approximate surface area is 186 Å². The molecule has 2 atom stereocenters. The van der Waals surface area contributed by atoms with Crippen LogP contribution < -0.4 is 10.2 Å². The molecule has 1 aliphatic carbocycles. The van der Waals surface area contributed by atoms with Gasteiger partial charge in [0.1, 0.15) is 12.4 Å². The highest BCUT2D eigenvalue weighted by molar-refractivity contribution is 5.93. The van der Waals surface area contributed by atoms with Gasteiger partial charge in [-0.25, -0.2) is 5.48 Å². The number of amides is 1. The number of hydroxylamine groups is 1. The number of carbonyl (C=O) groups is 2. The zero-order valence-electron chi connectivity index (χ0n) is 18.4. The Morgan fingerprint density at radius 3 is 2.59 bits per heavy atom. The topological polar surface area (TPSA) is 86.8 Å². The Balaban J connectivity index is 1.45. The van der Waals surface area contributed by atoms with Gasteiger partial charge in [0.05, 0.1) is 31.1 Å². The normalized spacial score (nSPS) is 19.4. The summed E-state index contributed by atoms with van der Waals surface area (Å²) in [7, 11) is 2.71. The van der Waals surface area contributed by atoms with E-state index >= 15 is 0 Å². The molecule has 32 heavy (non-hydrogen) atoms. The van der Waals surface area contributed by atoms with Crippen LogP contribution in [-0.2, 0) is 32.2 Å². The minimum atomic E-state index is -0.854. The van der Waals surface area contributed by atoms with Gasteiger partial charge in [0.2, 0.25) is 5.91 Å². The fourth-order valence-electron chi connectivity index (χ4n) is 4.26. The lowest BCUT2D eigenvalue weighted by atomic mass is 9.93. The molecular weight excluding hydrogens is 408 g/mol. The minimum Gasteiger partial charge on any atom is -0.489 e. The van der Waals surface area contributed by atoms with Gasteiger partial charge in [-0.05, 0) is 49.6 Å². The van der Waals surface area contributed by atoms with Gasteiger partial charge >= 0.3 is 5.97 Å². The summed E-state index contributed by atoms with van der Waals surface area (Å²) >= 11 is 0. The molecule has 1 N–H and O–H groups in total. The first kappa shape index (κ1) is 21.8. The van der Waals surface area contributed by atoms with Crippen molar-refractivity contribution in [1.29, 1.82) is 0 Å². The Hall–Kier alpha value is -3.45. The van der Waals surface area contributed by atoms with Crippen molar-refractivity contribution in [3.63, 3.8) is 0 Å². The van der Waals surface area contributed by atoms with Crippen LogP contribution in [0.4, 0.5) is 0 Å². The third-order valence-corrected chi connectivity index (χ3v) is 5.95. The molecule has 3 aromatic rings. The monoisotopic (exact) mass is 434 g/mol. The zero-order chi connectivity index (χ0) is 22.7. The van der Waals surface area contributed by atoms with E-state index in [2.05, 4.69) is 10.5 Å². The van der Waals surface area contributed by atoms with Gasteiger partial charge in [0.15, 0.2) is 0 Å². The van der Waals surface area contributed by atoms with Crippen LogP contribution in [0.3, 0.4) is 0 Å².